The smallest absolute Gasteiger partial charge is 0.306 e. The average Bonchev–Trinajstić information content (AvgIpc) is 2.57. The van der Waals surface area contributed by atoms with Gasteiger partial charge in [-0.2, -0.15) is 0 Å². The average molecular weight is 306 g/mol. The molecule has 0 amide bonds. The molecule has 0 aromatic carbocycles. The van der Waals surface area contributed by atoms with Gasteiger partial charge in [-0.15, -0.1) is 0 Å². The normalized spacial score (nSPS) is 41.4. The fourth-order valence-corrected chi connectivity index (χ4v) is 5.73. The summed E-state index contributed by atoms with van der Waals surface area (Å²) in [5.74, 6) is 1.98. The van der Waals surface area contributed by atoms with Crippen LogP contribution in [0.15, 0.2) is 0 Å². The number of ether oxygens (including phenoxy) is 1. The number of hydrogen-bond donors (Lipinski definition) is 0. The van der Waals surface area contributed by atoms with Crippen LogP contribution in [0.2, 0.25) is 0 Å². The standard InChI is InChI=1S/C20H34O2/c1-3-5-16-6-8-17(9-7-16)19-10-13-20(14-11-19,15-12-19)22-18(21)4-2/h16-17H,3-15H2,1-2H3/t16-,17-,19?,20?. The molecule has 22 heavy (non-hydrogen) atoms. The second kappa shape index (κ2) is 6.53. The lowest BCUT2D eigenvalue weighted by atomic mass is 9.51. The van der Waals surface area contributed by atoms with E-state index in [9.17, 15) is 4.79 Å². The van der Waals surface area contributed by atoms with Gasteiger partial charge in [-0.25, -0.2) is 0 Å². The minimum Gasteiger partial charge on any atom is -0.459 e. The lowest BCUT2D eigenvalue weighted by Gasteiger charge is -2.56. The number of carbonyl (C=O) groups excluding carboxylic acids is 1. The topological polar surface area (TPSA) is 26.3 Å². The Kier molecular flexibility index (Phi) is 4.85. The number of esters is 1. The first-order valence-electron chi connectivity index (χ1n) is 9.83. The molecule has 0 spiro atoms. The number of fused-ring (bicyclic) bond motifs is 3. The molecule has 0 atom stereocenters. The van der Waals surface area contributed by atoms with Crippen LogP contribution in [0.1, 0.15) is 97.3 Å². The van der Waals surface area contributed by atoms with Crippen molar-refractivity contribution in [1.29, 1.82) is 0 Å². The molecule has 0 radical (unpaired) electrons. The summed E-state index contributed by atoms with van der Waals surface area (Å²) < 4.78 is 5.86. The molecular formula is C20H34O2. The van der Waals surface area contributed by atoms with Crippen molar-refractivity contribution in [2.45, 2.75) is 103 Å². The second-order valence-electron chi connectivity index (χ2n) is 8.38. The molecule has 126 valence electrons. The van der Waals surface area contributed by atoms with Gasteiger partial charge in [0, 0.05) is 6.42 Å². The van der Waals surface area contributed by atoms with Gasteiger partial charge in [0.1, 0.15) is 5.60 Å². The van der Waals surface area contributed by atoms with E-state index < -0.39 is 0 Å². The molecule has 0 aromatic rings. The van der Waals surface area contributed by atoms with Crippen molar-refractivity contribution in [3.05, 3.63) is 0 Å². The maximum absolute atomic E-state index is 11.7. The Labute approximate surface area is 136 Å². The summed E-state index contributed by atoms with van der Waals surface area (Å²) in [5.41, 5.74) is 0.534. The summed E-state index contributed by atoms with van der Waals surface area (Å²) in [6.45, 7) is 4.23. The predicted molar refractivity (Wildman–Crippen MR) is 89.6 cm³/mol. The summed E-state index contributed by atoms with van der Waals surface area (Å²) in [6.07, 6.45) is 16.5. The van der Waals surface area contributed by atoms with E-state index in [0.29, 0.717) is 11.8 Å². The van der Waals surface area contributed by atoms with Gasteiger partial charge in [0.05, 0.1) is 0 Å². The van der Waals surface area contributed by atoms with Crippen LogP contribution in [-0.4, -0.2) is 11.6 Å². The van der Waals surface area contributed by atoms with Crippen LogP contribution in [0.25, 0.3) is 0 Å². The fraction of sp³-hybridized carbons (Fsp3) is 0.950. The van der Waals surface area contributed by atoms with Crippen LogP contribution in [0.4, 0.5) is 0 Å². The third kappa shape index (κ3) is 3.08. The van der Waals surface area contributed by atoms with E-state index >= 15 is 0 Å². The van der Waals surface area contributed by atoms with Crippen molar-refractivity contribution < 1.29 is 9.53 Å². The molecule has 0 heterocycles. The summed E-state index contributed by atoms with van der Waals surface area (Å²) in [4.78, 5) is 11.7. The number of carbonyl (C=O) groups is 1. The molecule has 4 saturated carbocycles. The molecule has 4 aliphatic rings. The molecular weight excluding hydrogens is 272 g/mol. The Morgan fingerprint density at radius 2 is 1.55 bits per heavy atom. The monoisotopic (exact) mass is 306 g/mol. The van der Waals surface area contributed by atoms with Gasteiger partial charge in [-0.05, 0) is 68.6 Å². The zero-order valence-corrected chi connectivity index (χ0v) is 14.7. The van der Waals surface area contributed by atoms with Crippen LogP contribution in [0, 0.1) is 17.3 Å². The Morgan fingerprint density at radius 1 is 0.955 bits per heavy atom. The van der Waals surface area contributed by atoms with Gasteiger partial charge in [0.15, 0.2) is 0 Å². The van der Waals surface area contributed by atoms with Crippen LogP contribution in [0.5, 0.6) is 0 Å². The van der Waals surface area contributed by atoms with Gasteiger partial charge in [-0.3, -0.25) is 4.79 Å². The lowest BCUT2D eigenvalue weighted by Crippen LogP contribution is -2.51. The zero-order valence-electron chi connectivity index (χ0n) is 14.7. The van der Waals surface area contributed by atoms with Crippen molar-refractivity contribution in [3.63, 3.8) is 0 Å². The number of hydrogen-bond acceptors (Lipinski definition) is 2. The molecule has 0 unspecified atom stereocenters. The molecule has 4 aliphatic carbocycles. The summed E-state index contributed by atoms with van der Waals surface area (Å²) in [5, 5.41) is 0. The van der Waals surface area contributed by atoms with Crippen molar-refractivity contribution in [1.82, 2.24) is 0 Å². The summed E-state index contributed by atoms with van der Waals surface area (Å²) in [6, 6.07) is 0. The minimum absolute atomic E-state index is 0.00877. The number of rotatable bonds is 5. The first-order valence-corrected chi connectivity index (χ1v) is 9.83. The van der Waals surface area contributed by atoms with Gasteiger partial charge in [0.25, 0.3) is 0 Å². The maximum atomic E-state index is 11.7. The summed E-state index contributed by atoms with van der Waals surface area (Å²) in [7, 11) is 0. The zero-order chi connectivity index (χ0) is 15.6. The molecule has 2 nitrogen and oxygen atoms in total. The lowest BCUT2D eigenvalue weighted by molar-refractivity contribution is -0.182. The molecule has 4 rings (SSSR count). The SMILES string of the molecule is CCC[C@H]1CC[C@H](C23CCC(OC(=O)CC)(CC2)CC3)CC1. The van der Waals surface area contributed by atoms with Gasteiger partial charge >= 0.3 is 5.97 Å². The highest BCUT2D eigenvalue weighted by atomic mass is 16.6. The van der Waals surface area contributed by atoms with Crippen LogP contribution < -0.4 is 0 Å². The van der Waals surface area contributed by atoms with E-state index in [1.54, 1.807) is 0 Å². The highest BCUT2D eigenvalue weighted by Gasteiger charge is 2.53. The van der Waals surface area contributed by atoms with E-state index in [1.165, 1.54) is 57.8 Å². The fourth-order valence-electron chi connectivity index (χ4n) is 5.73. The maximum Gasteiger partial charge on any atom is 0.306 e. The Balaban J connectivity index is 1.56. The second-order valence-corrected chi connectivity index (χ2v) is 8.38. The molecule has 2 heteroatoms. The van der Waals surface area contributed by atoms with Crippen molar-refractivity contribution >= 4 is 5.97 Å². The van der Waals surface area contributed by atoms with Gasteiger partial charge in [-0.1, -0.05) is 39.5 Å². The molecule has 0 N–H and O–H groups in total. The van der Waals surface area contributed by atoms with E-state index in [4.69, 9.17) is 4.74 Å². The van der Waals surface area contributed by atoms with Crippen LogP contribution in [-0.2, 0) is 9.53 Å². The molecule has 4 fully saturated rings. The first kappa shape index (κ1) is 16.3. The molecule has 0 aromatic heterocycles. The van der Waals surface area contributed by atoms with Crippen molar-refractivity contribution in [2.24, 2.45) is 17.3 Å². The van der Waals surface area contributed by atoms with E-state index in [2.05, 4.69) is 6.92 Å². The highest BCUT2D eigenvalue weighted by Crippen LogP contribution is 2.60. The Morgan fingerprint density at radius 3 is 2.05 bits per heavy atom. The molecule has 2 bridgehead atoms. The van der Waals surface area contributed by atoms with Crippen LogP contribution in [0.3, 0.4) is 0 Å². The molecule has 0 saturated heterocycles. The van der Waals surface area contributed by atoms with Crippen molar-refractivity contribution in [2.75, 3.05) is 0 Å². The largest absolute Gasteiger partial charge is 0.459 e. The molecule has 0 aliphatic heterocycles. The van der Waals surface area contributed by atoms with E-state index in [-0.39, 0.29) is 11.6 Å². The Bertz CT molecular complexity index is 368. The first-order chi connectivity index (χ1) is 10.6. The van der Waals surface area contributed by atoms with Gasteiger partial charge < -0.3 is 4.74 Å². The third-order valence-electron chi connectivity index (χ3n) is 7.26. The van der Waals surface area contributed by atoms with E-state index in [1.807, 2.05) is 6.92 Å². The Hall–Kier alpha value is -0.530. The highest BCUT2D eigenvalue weighted by molar-refractivity contribution is 5.69. The predicted octanol–water partition coefficient (Wildman–Crippen LogP) is 5.64. The van der Waals surface area contributed by atoms with Crippen LogP contribution >= 0.6 is 0 Å². The summed E-state index contributed by atoms with van der Waals surface area (Å²) >= 11 is 0. The third-order valence-corrected chi connectivity index (χ3v) is 7.26. The van der Waals surface area contributed by atoms with Crippen molar-refractivity contribution in [3.8, 4) is 0 Å². The van der Waals surface area contributed by atoms with E-state index in [0.717, 1.165) is 31.1 Å². The quantitative estimate of drug-likeness (QED) is 0.614. The van der Waals surface area contributed by atoms with Gasteiger partial charge in [0.2, 0.25) is 0 Å². The minimum atomic E-state index is -0.0751.